The van der Waals surface area contributed by atoms with E-state index in [1.807, 2.05) is 38.1 Å². The molecule has 1 N–H and O–H groups in total. The van der Waals surface area contributed by atoms with Gasteiger partial charge in [0.2, 0.25) is 11.1 Å². The summed E-state index contributed by atoms with van der Waals surface area (Å²) in [5, 5.41) is 15.1. The molecule has 0 radical (unpaired) electrons. The first-order chi connectivity index (χ1) is 11.6. The number of ether oxygens (including phenoxy) is 1. The van der Waals surface area contributed by atoms with Crippen LogP contribution in [0.1, 0.15) is 25.3 Å². The first kappa shape index (κ1) is 16.9. The number of rotatable bonds is 6. The lowest BCUT2D eigenvalue weighted by Crippen LogP contribution is -2.36. The van der Waals surface area contributed by atoms with Crippen molar-refractivity contribution in [1.82, 2.24) is 25.5 Å². The van der Waals surface area contributed by atoms with E-state index < -0.39 is 0 Å². The Hall–Kier alpha value is -1.93. The van der Waals surface area contributed by atoms with E-state index in [1.165, 1.54) is 11.8 Å². The number of amides is 1. The molecule has 8 heteroatoms. The van der Waals surface area contributed by atoms with E-state index in [0.717, 1.165) is 30.7 Å². The molecule has 0 unspecified atom stereocenters. The Balaban J connectivity index is 1.62. The molecular formula is C16H21N5O2S. The highest BCUT2D eigenvalue weighted by Crippen LogP contribution is 2.24. The zero-order chi connectivity index (χ0) is 16.9. The maximum absolute atomic E-state index is 12.3. The predicted molar refractivity (Wildman–Crippen MR) is 91.2 cm³/mol. The van der Waals surface area contributed by atoms with Gasteiger partial charge in [0, 0.05) is 13.2 Å². The molecule has 1 fully saturated rings. The smallest absolute Gasteiger partial charge is 0.233 e. The van der Waals surface area contributed by atoms with Crippen molar-refractivity contribution >= 4 is 17.7 Å². The van der Waals surface area contributed by atoms with E-state index in [0.29, 0.717) is 11.7 Å². The van der Waals surface area contributed by atoms with Crippen molar-refractivity contribution in [3.63, 3.8) is 0 Å². The molecular weight excluding hydrogens is 326 g/mol. The fourth-order valence-corrected chi connectivity index (χ4v) is 3.40. The average molecular weight is 347 g/mol. The van der Waals surface area contributed by atoms with Crippen LogP contribution in [0, 0.1) is 6.92 Å². The minimum atomic E-state index is -0.292. The number of tetrazole rings is 1. The third kappa shape index (κ3) is 3.93. The number of para-hydroxylation sites is 1. The zero-order valence-corrected chi connectivity index (χ0v) is 14.6. The van der Waals surface area contributed by atoms with Crippen molar-refractivity contribution < 1.29 is 9.53 Å². The predicted octanol–water partition coefficient (Wildman–Crippen LogP) is 1.75. The largest absolute Gasteiger partial charge is 0.376 e. The van der Waals surface area contributed by atoms with Crippen molar-refractivity contribution in [3.05, 3.63) is 29.8 Å². The Kier molecular flexibility index (Phi) is 5.47. The first-order valence-electron chi connectivity index (χ1n) is 8.05. The monoisotopic (exact) mass is 347 g/mol. The van der Waals surface area contributed by atoms with E-state index in [4.69, 9.17) is 4.74 Å². The third-order valence-corrected chi connectivity index (χ3v) is 5.00. The number of nitrogens with one attached hydrogen (secondary N) is 1. The summed E-state index contributed by atoms with van der Waals surface area (Å²) in [6.07, 6.45) is 2.21. The van der Waals surface area contributed by atoms with Crippen molar-refractivity contribution in [3.8, 4) is 5.69 Å². The molecule has 128 valence electrons. The molecule has 2 atom stereocenters. The lowest BCUT2D eigenvalue weighted by atomic mass is 10.2. The first-order valence-corrected chi connectivity index (χ1v) is 8.93. The molecule has 1 saturated heterocycles. The molecule has 1 amide bonds. The number of aryl methyl sites for hydroxylation is 1. The molecule has 1 aliphatic rings. The molecule has 2 heterocycles. The maximum atomic E-state index is 12.3. The van der Waals surface area contributed by atoms with Crippen molar-refractivity contribution in [1.29, 1.82) is 0 Å². The maximum Gasteiger partial charge on any atom is 0.233 e. The van der Waals surface area contributed by atoms with Crippen LogP contribution in [0.25, 0.3) is 5.69 Å². The number of hydrogen-bond donors (Lipinski definition) is 1. The molecule has 0 aliphatic carbocycles. The minimum Gasteiger partial charge on any atom is -0.376 e. The van der Waals surface area contributed by atoms with Crippen LogP contribution in [0.3, 0.4) is 0 Å². The van der Waals surface area contributed by atoms with Crippen LogP contribution < -0.4 is 5.32 Å². The number of benzene rings is 1. The highest BCUT2D eigenvalue weighted by atomic mass is 32.2. The molecule has 3 rings (SSSR count). The second kappa shape index (κ2) is 7.76. The summed E-state index contributed by atoms with van der Waals surface area (Å²) < 4.78 is 7.19. The van der Waals surface area contributed by atoms with Crippen LogP contribution in [0.15, 0.2) is 29.4 Å². The van der Waals surface area contributed by atoms with Crippen LogP contribution in [-0.4, -0.2) is 50.6 Å². The molecule has 1 aromatic carbocycles. The van der Waals surface area contributed by atoms with Gasteiger partial charge in [-0.15, -0.1) is 5.10 Å². The normalized spacial score (nSPS) is 18.5. The van der Waals surface area contributed by atoms with Crippen LogP contribution in [0.4, 0.5) is 0 Å². The van der Waals surface area contributed by atoms with E-state index in [-0.39, 0.29) is 17.3 Å². The van der Waals surface area contributed by atoms with Crippen molar-refractivity contribution in [2.75, 3.05) is 13.2 Å². The Labute approximate surface area is 145 Å². The molecule has 1 aromatic heterocycles. The van der Waals surface area contributed by atoms with Gasteiger partial charge in [-0.05, 0) is 48.7 Å². The van der Waals surface area contributed by atoms with Gasteiger partial charge in [-0.3, -0.25) is 4.79 Å². The van der Waals surface area contributed by atoms with Gasteiger partial charge in [0.05, 0.1) is 17.0 Å². The number of aromatic nitrogens is 4. The molecule has 0 bridgehead atoms. The van der Waals surface area contributed by atoms with Gasteiger partial charge in [0.1, 0.15) is 0 Å². The van der Waals surface area contributed by atoms with Gasteiger partial charge in [0.25, 0.3) is 0 Å². The Morgan fingerprint density at radius 1 is 1.50 bits per heavy atom. The van der Waals surface area contributed by atoms with Gasteiger partial charge in [-0.1, -0.05) is 30.0 Å². The number of hydrogen-bond acceptors (Lipinski definition) is 6. The number of nitrogens with zero attached hydrogens (tertiary/aromatic N) is 4. The molecule has 0 saturated carbocycles. The zero-order valence-electron chi connectivity index (χ0n) is 13.8. The SMILES string of the molecule is Cc1ccccc1-n1nnnc1S[C@H](C)C(=O)NC[C@@H]1CCCO1. The summed E-state index contributed by atoms with van der Waals surface area (Å²) in [7, 11) is 0. The second-order valence-corrected chi connectivity index (χ2v) is 7.11. The summed E-state index contributed by atoms with van der Waals surface area (Å²) in [5.41, 5.74) is 1.99. The van der Waals surface area contributed by atoms with Gasteiger partial charge < -0.3 is 10.1 Å². The summed E-state index contributed by atoms with van der Waals surface area (Å²) in [5.74, 6) is -0.0326. The van der Waals surface area contributed by atoms with Crippen LogP contribution in [0.5, 0.6) is 0 Å². The van der Waals surface area contributed by atoms with E-state index in [2.05, 4.69) is 20.8 Å². The molecule has 2 aromatic rings. The van der Waals surface area contributed by atoms with E-state index in [1.54, 1.807) is 4.68 Å². The van der Waals surface area contributed by atoms with Crippen LogP contribution in [0.2, 0.25) is 0 Å². The highest BCUT2D eigenvalue weighted by Gasteiger charge is 2.22. The summed E-state index contributed by atoms with van der Waals surface area (Å²) in [4.78, 5) is 12.3. The van der Waals surface area contributed by atoms with Gasteiger partial charge >= 0.3 is 0 Å². The molecule has 1 aliphatic heterocycles. The third-order valence-electron chi connectivity index (χ3n) is 3.96. The fourth-order valence-electron chi connectivity index (χ4n) is 2.58. The lowest BCUT2D eigenvalue weighted by Gasteiger charge is -2.14. The van der Waals surface area contributed by atoms with Crippen molar-refractivity contribution in [2.45, 2.75) is 43.2 Å². The van der Waals surface area contributed by atoms with Gasteiger partial charge in [-0.25, -0.2) is 0 Å². The number of carbonyl (C=O) groups excluding carboxylic acids is 1. The molecule has 7 nitrogen and oxygen atoms in total. The summed E-state index contributed by atoms with van der Waals surface area (Å²) >= 11 is 1.34. The Morgan fingerprint density at radius 3 is 3.08 bits per heavy atom. The van der Waals surface area contributed by atoms with Crippen LogP contribution >= 0.6 is 11.8 Å². The Morgan fingerprint density at radius 2 is 2.33 bits per heavy atom. The van der Waals surface area contributed by atoms with Crippen LogP contribution in [-0.2, 0) is 9.53 Å². The Bertz CT molecular complexity index is 699. The molecule has 24 heavy (non-hydrogen) atoms. The second-order valence-electron chi connectivity index (χ2n) is 5.80. The summed E-state index contributed by atoms with van der Waals surface area (Å²) in [6, 6.07) is 7.87. The van der Waals surface area contributed by atoms with Gasteiger partial charge in [0.15, 0.2) is 0 Å². The average Bonchev–Trinajstić information content (AvgIpc) is 3.25. The standard InChI is InChI=1S/C16H21N5O2S/c1-11-6-3-4-8-14(11)21-16(18-19-20-21)24-12(2)15(22)17-10-13-7-5-9-23-13/h3-4,6,8,12-13H,5,7,9-10H2,1-2H3,(H,17,22)/t12-,13+/m1/s1. The van der Waals surface area contributed by atoms with Gasteiger partial charge in [-0.2, -0.15) is 4.68 Å². The highest BCUT2D eigenvalue weighted by molar-refractivity contribution is 8.00. The topological polar surface area (TPSA) is 81.9 Å². The van der Waals surface area contributed by atoms with E-state index >= 15 is 0 Å². The minimum absolute atomic E-state index is 0.0326. The van der Waals surface area contributed by atoms with E-state index in [9.17, 15) is 4.79 Å². The summed E-state index contributed by atoms with van der Waals surface area (Å²) in [6.45, 7) is 5.21. The number of thioether (sulfide) groups is 1. The van der Waals surface area contributed by atoms with Crippen molar-refractivity contribution in [2.24, 2.45) is 0 Å². The lowest BCUT2D eigenvalue weighted by molar-refractivity contribution is -0.120. The molecule has 0 spiro atoms. The quantitative estimate of drug-likeness (QED) is 0.802. The fraction of sp³-hybridized carbons (Fsp3) is 0.500. The number of carbonyl (C=O) groups is 1.